The van der Waals surface area contributed by atoms with Gasteiger partial charge in [0.05, 0.1) is 0 Å². The molecule has 0 spiro atoms. The largest absolute Gasteiger partial charge is 0.353 e. The predicted octanol–water partition coefficient (Wildman–Crippen LogP) is 2.62. The summed E-state index contributed by atoms with van der Waals surface area (Å²) < 4.78 is 0. The molecule has 80 valence electrons. The van der Waals surface area contributed by atoms with Crippen molar-refractivity contribution in [2.45, 2.75) is 20.8 Å². The van der Waals surface area contributed by atoms with Crippen LogP contribution >= 0.6 is 0 Å². The fourth-order valence-electron chi connectivity index (χ4n) is 1.37. The maximum Gasteiger partial charge on any atom is 0.247 e. The summed E-state index contributed by atoms with van der Waals surface area (Å²) >= 11 is 0. The maximum atomic E-state index is 11.6. The van der Waals surface area contributed by atoms with E-state index in [2.05, 4.69) is 5.32 Å². The number of benzene rings is 1. The van der Waals surface area contributed by atoms with E-state index in [1.165, 1.54) is 0 Å². The molecule has 1 aromatic carbocycles. The van der Waals surface area contributed by atoms with Crippen LogP contribution in [0.3, 0.4) is 0 Å². The molecule has 1 rings (SSSR count). The summed E-state index contributed by atoms with van der Waals surface area (Å²) in [6, 6.07) is 9.95. The molecule has 0 saturated heterocycles. The number of carbonyl (C=O) groups excluding carboxylic acids is 1. The third kappa shape index (κ3) is 2.94. The Morgan fingerprint density at radius 3 is 2.33 bits per heavy atom. The van der Waals surface area contributed by atoms with E-state index in [9.17, 15) is 4.79 Å². The first kappa shape index (κ1) is 11.5. The summed E-state index contributed by atoms with van der Waals surface area (Å²) in [5.41, 5.74) is 2.91. The molecule has 15 heavy (non-hydrogen) atoms. The molecule has 2 nitrogen and oxygen atoms in total. The number of hydrogen-bond acceptors (Lipinski definition) is 1. The van der Waals surface area contributed by atoms with Gasteiger partial charge in [0, 0.05) is 12.1 Å². The average molecular weight is 203 g/mol. The van der Waals surface area contributed by atoms with Gasteiger partial charge in [-0.25, -0.2) is 0 Å². The Kier molecular flexibility index (Phi) is 4.10. The molecule has 0 aliphatic rings. The third-order valence-corrected chi connectivity index (χ3v) is 2.45. The minimum Gasteiger partial charge on any atom is -0.353 e. The maximum absolute atomic E-state index is 11.6. The molecule has 0 aromatic heterocycles. The van der Waals surface area contributed by atoms with Gasteiger partial charge in [0.2, 0.25) is 5.91 Å². The summed E-state index contributed by atoms with van der Waals surface area (Å²) in [7, 11) is 0. The van der Waals surface area contributed by atoms with E-state index in [1.807, 2.05) is 51.1 Å². The fraction of sp³-hybridized carbons (Fsp3) is 0.308. The first-order chi connectivity index (χ1) is 7.16. The van der Waals surface area contributed by atoms with Crippen LogP contribution in [0.25, 0.3) is 5.57 Å². The molecule has 0 radical (unpaired) electrons. The molecule has 0 bridgehead atoms. The topological polar surface area (TPSA) is 29.1 Å². The van der Waals surface area contributed by atoms with Crippen molar-refractivity contribution in [1.29, 1.82) is 0 Å². The van der Waals surface area contributed by atoms with E-state index in [1.54, 1.807) is 0 Å². The van der Waals surface area contributed by atoms with E-state index in [-0.39, 0.29) is 5.91 Å². The summed E-state index contributed by atoms with van der Waals surface area (Å²) in [5, 5.41) is 2.80. The van der Waals surface area contributed by atoms with Crippen LogP contribution in [-0.2, 0) is 4.79 Å². The van der Waals surface area contributed by atoms with Crippen molar-refractivity contribution in [3.8, 4) is 0 Å². The number of nitrogens with one attached hydrogen (secondary N) is 1. The normalized spacial score (nSPS) is 11.9. The Balaban J connectivity index is 2.95. The number of carbonyl (C=O) groups is 1. The second-order valence-electron chi connectivity index (χ2n) is 3.48. The van der Waals surface area contributed by atoms with Crippen molar-refractivity contribution in [2.24, 2.45) is 0 Å². The van der Waals surface area contributed by atoms with Crippen molar-refractivity contribution in [2.75, 3.05) is 6.54 Å². The molecule has 0 aliphatic heterocycles. The highest BCUT2D eigenvalue weighted by Gasteiger charge is 2.07. The first-order valence-corrected chi connectivity index (χ1v) is 5.18. The number of likely N-dealkylation sites (N-methyl/N-ethyl adjacent to an activating group) is 1. The van der Waals surface area contributed by atoms with Crippen LogP contribution in [0, 0.1) is 0 Å². The Morgan fingerprint density at radius 1 is 1.20 bits per heavy atom. The Morgan fingerprint density at radius 2 is 1.80 bits per heavy atom. The summed E-state index contributed by atoms with van der Waals surface area (Å²) in [6.07, 6.45) is 0. The van der Waals surface area contributed by atoms with Gasteiger partial charge < -0.3 is 5.32 Å². The van der Waals surface area contributed by atoms with Crippen molar-refractivity contribution in [3.05, 3.63) is 41.5 Å². The lowest BCUT2D eigenvalue weighted by Gasteiger charge is -2.07. The lowest BCUT2D eigenvalue weighted by Crippen LogP contribution is -2.23. The SMILES string of the molecule is CCNC(=O)C(C)=C(C)c1ccccc1. The van der Waals surface area contributed by atoms with Crippen molar-refractivity contribution in [1.82, 2.24) is 5.32 Å². The van der Waals surface area contributed by atoms with Gasteiger partial charge in [-0.2, -0.15) is 0 Å². The molecule has 1 aromatic rings. The van der Waals surface area contributed by atoms with Crippen LogP contribution in [0.2, 0.25) is 0 Å². The molecule has 0 unspecified atom stereocenters. The van der Waals surface area contributed by atoms with E-state index in [4.69, 9.17) is 0 Å². The summed E-state index contributed by atoms with van der Waals surface area (Å²) in [4.78, 5) is 11.6. The summed E-state index contributed by atoms with van der Waals surface area (Å²) in [5.74, 6) is 0.0128. The van der Waals surface area contributed by atoms with Crippen molar-refractivity contribution >= 4 is 11.5 Å². The number of hydrogen-bond donors (Lipinski definition) is 1. The first-order valence-electron chi connectivity index (χ1n) is 5.18. The number of amides is 1. The van der Waals surface area contributed by atoms with Crippen LogP contribution in [0.15, 0.2) is 35.9 Å². The van der Waals surface area contributed by atoms with Gasteiger partial charge >= 0.3 is 0 Å². The zero-order chi connectivity index (χ0) is 11.3. The zero-order valence-corrected chi connectivity index (χ0v) is 9.50. The molecular formula is C13H17NO. The standard InChI is InChI=1S/C13H17NO/c1-4-14-13(15)11(3)10(2)12-8-6-5-7-9-12/h5-9H,4H2,1-3H3,(H,14,15). The average Bonchev–Trinajstić information content (AvgIpc) is 2.28. The molecule has 0 aliphatic carbocycles. The van der Waals surface area contributed by atoms with Gasteiger partial charge in [-0.05, 0) is 31.9 Å². The van der Waals surface area contributed by atoms with E-state index in [0.29, 0.717) is 6.54 Å². The lowest BCUT2D eigenvalue weighted by atomic mass is 10.0. The lowest BCUT2D eigenvalue weighted by molar-refractivity contribution is -0.117. The number of allylic oxidation sites excluding steroid dienone is 1. The van der Waals surface area contributed by atoms with Gasteiger partial charge in [0.15, 0.2) is 0 Å². The van der Waals surface area contributed by atoms with Crippen LogP contribution < -0.4 is 5.32 Å². The van der Waals surface area contributed by atoms with Crippen molar-refractivity contribution < 1.29 is 4.79 Å². The second-order valence-corrected chi connectivity index (χ2v) is 3.48. The van der Waals surface area contributed by atoms with Crippen LogP contribution in [0.1, 0.15) is 26.3 Å². The second kappa shape index (κ2) is 5.35. The molecule has 0 saturated carbocycles. The molecular weight excluding hydrogens is 186 g/mol. The van der Waals surface area contributed by atoms with Gasteiger partial charge in [0.25, 0.3) is 0 Å². The van der Waals surface area contributed by atoms with Gasteiger partial charge in [-0.15, -0.1) is 0 Å². The zero-order valence-electron chi connectivity index (χ0n) is 9.50. The van der Waals surface area contributed by atoms with Gasteiger partial charge in [0.1, 0.15) is 0 Å². The smallest absolute Gasteiger partial charge is 0.247 e. The van der Waals surface area contributed by atoms with Crippen LogP contribution in [-0.4, -0.2) is 12.5 Å². The minimum absolute atomic E-state index is 0.0128. The molecule has 0 atom stereocenters. The van der Waals surface area contributed by atoms with Crippen molar-refractivity contribution in [3.63, 3.8) is 0 Å². The highest BCUT2D eigenvalue weighted by atomic mass is 16.1. The number of rotatable bonds is 3. The molecule has 0 heterocycles. The van der Waals surface area contributed by atoms with E-state index >= 15 is 0 Å². The monoisotopic (exact) mass is 203 g/mol. The van der Waals surface area contributed by atoms with Gasteiger partial charge in [-0.1, -0.05) is 30.3 Å². The third-order valence-electron chi connectivity index (χ3n) is 2.45. The Bertz CT molecular complexity index is 365. The fourth-order valence-corrected chi connectivity index (χ4v) is 1.37. The Labute approximate surface area is 91.0 Å². The van der Waals surface area contributed by atoms with Crippen LogP contribution in [0.5, 0.6) is 0 Å². The van der Waals surface area contributed by atoms with Gasteiger partial charge in [-0.3, -0.25) is 4.79 Å². The molecule has 1 N–H and O–H groups in total. The Hall–Kier alpha value is -1.57. The van der Waals surface area contributed by atoms with E-state index in [0.717, 1.165) is 16.7 Å². The van der Waals surface area contributed by atoms with Crippen LogP contribution in [0.4, 0.5) is 0 Å². The highest BCUT2D eigenvalue weighted by Crippen LogP contribution is 2.17. The molecule has 1 amide bonds. The minimum atomic E-state index is 0.0128. The quantitative estimate of drug-likeness (QED) is 0.752. The molecule has 0 fully saturated rings. The molecule has 2 heteroatoms. The highest BCUT2D eigenvalue weighted by molar-refractivity contribution is 6.00. The van der Waals surface area contributed by atoms with E-state index < -0.39 is 0 Å². The predicted molar refractivity (Wildman–Crippen MR) is 63.4 cm³/mol. The summed E-state index contributed by atoms with van der Waals surface area (Å²) in [6.45, 7) is 6.41.